The fraction of sp³-hybridized carbons (Fsp3) is 0.412. The van der Waals surface area contributed by atoms with Crippen LogP contribution in [-0.2, 0) is 15.7 Å². The summed E-state index contributed by atoms with van der Waals surface area (Å²) in [6, 6.07) is 4.70. The zero-order valence-corrected chi connectivity index (χ0v) is 16.7. The van der Waals surface area contributed by atoms with Crippen molar-refractivity contribution in [3.8, 4) is 0 Å². The molecular formula is C17H19Cl2F3N4O2. The lowest BCUT2D eigenvalue weighted by Crippen LogP contribution is -2.33. The molecule has 1 aromatic heterocycles. The van der Waals surface area contributed by atoms with Gasteiger partial charge in [-0.05, 0) is 18.2 Å². The van der Waals surface area contributed by atoms with E-state index in [2.05, 4.69) is 15.3 Å². The normalized spacial score (nSPS) is 11.5. The molecular weight excluding hydrogens is 420 g/mol. The van der Waals surface area contributed by atoms with Crippen molar-refractivity contribution in [3.63, 3.8) is 0 Å². The van der Waals surface area contributed by atoms with Crippen LogP contribution in [0.1, 0.15) is 5.56 Å². The van der Waals surface area contributed by atoms with Gasteiger partial charge in [0, 0.05) is 39.2 Å². The summed E-state index contributed by atoms with van der Waals surface area (Å²) < 4.78 is 50.5. The molecule has 0 bridgehead atoms. The highest BCUT2D eigenvalue weighted by molar-refractivity contribution is 6.42. The quantitative estimate of drug-likeness (QED) is 0.614. The minimum atomic E-state index is -4.62. The SMILES string of the molecule is COCCN(CCOC)c1nc(Nc2ccc(Cl)c(Cl)c2)ncc1C(F)(F)F. The predicted octanol–water partition coefficient (Wildman–Crippen LogP) is 4.65. The molecule has 1 aromatic carbocycles. The first-order valence-electron chi connectivity index (χ1n) is 8.15. The van der Waals surface area contributed by atoms with Gasteiger partial charge in [0.2, 0.25) is 5.95 Å². The number of nitrogens with zero attached hydrogens (tertiary/aromatic N) is 3. The van der Waals surface area contributed by atoms with E-state index in [0.29, 0.717) is 15.7 Å². The number of nitrogens with one attached hydrogen (secondary N) is 1. The number of methoxy groups -OCH3 is 2. The maximum atomic E-state index is 13.5. The van der Waals surface area contributed by atoms with E-state index in [4.69, 9.17) is 32.7 Å². The first-order valence-corrected chi connectivity index (χ1v) is 8.91. The molecule has 0 fully saturated rings. The molecule has 0 atom stereocenters. The lowest BCUT2D eigenvalue weighted by molar-refractivity contribution is -0.137. The standard InChI is InChI=1S/C17H19Cl2F3N4O2/c1-27-7-5-26(6-8-28-2)15-12(17(20,21)22)10-23-16(25-15)24-11-3-4-13(18)14(19)9-11/h3-4,9-10H,5-8H2,1-2H3,(H,23,24,25). The average molecular weight is 439 g/mol. The van der Waals surface area contributed by atoms with E-state index >= 15 is 0 Å². The number of alkyl halides is 3. The maximum Gasteiger partial charge on any atom is 0.421 e. The van der Waals surface area contributed by atoms with E-state index in [0.717, 1.165) is 6.20 Å². The Labute approximate surface area is 170 Å². The molecule has 2 aromatic rings. The van der Waals surface area contributed by atoms with Gasteiger partial charge in [-0.2, -0.15) is 18.2 Å². The van der Waals surface area contributed by atoms with Gasteiger partial charge < -0.3 is 19.7 Å². The summed E-state index contributed by atoms with van der Waals surface area (Å²) in [7, 11) is 2.94. The molecule has 1 N–H and O–H groups in total. The Morgan fingerprint density at radius 2 is 1.71 bits per heavy atom. The molecule has 0 aliphatic rings. The topological polar surface area (TPSA) is 59.5 Å². The molecule has 0 radical (unpaired) electrons. The summed E-state index contributed by atoms with van der Waals surface area (Å²) in [5, 5.41) is 3.48. The molecule has 0 unspecified atom stereocenters. The van der Waals surface area contributed by atoms with Gasteiger partial charge in [-0.3, -0.25) is 0 Å². The highest BCUT2D eigenvalue weighted by atomic mass is 35.5. The minimum absolute atomic E-state index is 0.0128. The summed E-state index contributed by atoms with van der Waals surface area (Å²) in [6.07, 6.45) is -3.87. The van der Waals surface area contributed by atoms with Crippen LogP contribution >= 0.6 is 23.2 Å². The van der Waals surface area contributed by atoms with E-state index in [1.807, 2.05) is 0 Å². The maximum absolute atomic E-state index is 13.5. The van der Waals surface area contributed by atoms with Gasteiger partial charge in [-0.15, -0.1) is 0 Å². The van der Waals surface area contributed by atoms with Gasteiger partial charge in [0.1, 0.15) is 11.4 Å². The average Bonchev–Trinajstić information content (AvgIpc) is 2.64. The first kappa shape index (κ1) is 22.5. The predicted molar refractivity (Wildman–Crippen MR) is 103 cm³/mol. The van der Waals surface area contributed by atoms with Gasteiger partial charge in [0.25, 0.3) is 0 Å². The summed E-state index contributed by atoms with van der Waals surface area (Å²) in [6.45, 7) is 0.847. The Kier molecular flexibility index (Phi) is 8.11. The molecule has 6 nitrogen and oxygen atoms in total. The smallest absolute Gasteiger partial charge is 0.383 e. The van der Waals surface area contributed by atoms with Crippen molar-refractivity contribution in [2.45, 2.75) is 6.18 Å². The molecule has 0 spiro atoms. The molecule has 0 aliphatic heterocycles. The van der Waals surface area contributed by atoms with Gasteiger partial charge in [-0.1, -0.05) is 23.2 Å². The largest absolute Gasteiger partial charge is 0.421 e. The Morgan fingerprint density at radius 1 is 1.07 bits per heavy atom. The monoisotopic (exact) mass is 438 g/mol. The van der Waals surface area contributed by atoms with Gasteiger partial charge in [0.05, 0.1) is 23.3 Å². The third kappa shape index (κ3) is 6.10. The van der Waals surface area contributed by atoms with E-state index in [1.54, 1.807) is 12.1 Å². The van der Waals surface area contributed by atoms with Crippen LogP contribution in [0.4, 0.5) is 30.6 Å². The molecule has 0 amide bonds. The van der Waals surface area contributed by atoms with Crippen LogP contribution in [0.25, 0.3) is 0 Å². The molecule has 28 heavy (non-hydrogen) atoms. The fourth-order valence-electron chi connectivity index (χ4n) is 2.30. The molecule has 0 aliphatic carbocycles. The second-order valence-corrected chi connectivity index (χ2v) is 6.47. The third-order valence-electron chi connectivity index (χ3n) is 3.68. The first-order chi connectivity index (χ1) is 13.3. The van der Waals surface area contributed by atoms with Crippen molar-refractivity contribution < 1.29 is 22.6 Å². The number of ether oxygens (including phenoxy) is 2. The second-order valence-electron chi connectivity index (χ2n) is 5.66. The highest BCUT2D eigenvalue weighted by Crippen LogP contribution is 2.36. The van der Waals surface area contributed by atoms with Crippen LogP contribution in [-0.4, -0.2) is 50.5 Å². The summed E-state index contributed by atoms with van der Waals surface area (Å²) in [5.41, 5.74) is -0.458. The van der Waals surface area contributed by atoms with Crippen LogP contribution in [0.5, 0.6) is 0 Å². The lowest BCUT2D eigenvalue weighted by Gasteiger charge is -2.26. The number of halogens is 5. The number of rotatable bonds is 9. The molecule has 0 saturated carbocycles. The highest BCUT2D eigenvalue weighted by Gasteiger charge is 2.36. The summed E-state index contributed by atoms with van der Waals surface area (Å²) >= 11 is 11.8. The lowest BCUT2D eigenvalue weighted by atomic mass is 10.2. The minimum Gasteiger partial charge on any atom is -0.383 e. The Balaban J connectivity index is 2.40. The second kappa shape index (κ2) is 10.1. The van der Waals surface area contributed by atoms with Crippen LogP contribution in [0.2, 0.25) is 10.0 Å². The van der Waals surface area contributed by atoms with Crippen LogP contribution in [0.3, 0.4) is 0 Å². The number of aromatic nitrogens is 2. The zero-order valence-electron chi connectivity index (χ0n) is 15.2. The summed E-state index contributed by atoms with van der Waals surface area (Å²) in [4.78, 5) is 9.32. The molecule has 154 valence electrons. The zero-order chi connectivity index (χ0) is 20.7. The number of hydrogen-bond donors (Lipinski definition) is 1. The fourth-order valence-corrected chi connectivity index (χ4v) is 2.60. The van der Waals surface area contributed by atoms with E-state index < -0.39 is 11.7 Å². The Bertz CT molecular complexity index is 785. The number of hydrogen-bond acceptors (Lipinski definition) is 6. The molecule has 1 heterocycles. The Morgan fingerprint density at radius 3 is 2.25 bits per heavy atom. The van der Waals surface area contributed by atoms with Crippen LogP contribution < -0.4 is 10.2 Å². The van der Waals surface area contributed by atoms with E-state index in [9.17, 15) is 13.2 Å². The van der Waals surface area contributed by atoms with Crippen LogP contribution in [0.15, 0.2) is 24.4 Å². The van der Waals surface area contributed by atoms with Crippen molar-refractivity contribution in [1.82, 2.24) is 9.97 Å². The number of benzene rings is 1. The van der Waals surface area contributed by atoms with Crippen molar-refractivity contribution in [3.05, 3.63) is 40.0 Å². The van der Waals surface area contributed by atoms with Crippen molar-refractivity contribution >= 4 is 40.7 Å². The Hall–Kier alpha value is -1.81. The molecule has 2 rings (SSSR count). The summed E-state index contributed by atoms with van der Waals surface area (Å²) in [5.74, 6) is -0.277. The number of anilines is 3. The van der Waals surface area contributed by atoms with E-state index in [-0.39, 0.29) is 38.1 Å². The molecule has 0 saturated heterocycles. The third-order valence-corrected chi connectivity index (χ3v) is 4.42. The van der Waals surface area contributed by atoms with Crippen molar-refractivity contribution in [2.75, 3.05) is 50.7 Å². The van der Waals surface area contributed by atoms with Crippen molar-refractivity contribution in [1.29, 1.82) is 0 Å². The van der Waals surface area contributed by atoms with Gasteiger partial charge in [-0.25, -0.2) is 4.98 Å². The van der Waals surface area contributed by atoms with Crippen molar-refractivity contribution in [2.24, 2.45) is 0 Å². The van der Waals surface area contributed by atoms with E-state index in [1.165, 1.54) is 25.2 Å². The van der Waals surface area contributed by atoms with Gasteiger partial charge >= 0.3 is 6.18 Å². The van der Waals surface area contributed by atoms with Gasteiger partial charge in [0.15, 0.2) is 0 Å². The molecule has 11 heteroatoms. The van der Waals surface area contributed by atoms with Crippen LogP contribution in [0, 0.1) is 0 Å².